The van der Waals surface area contributed by atoms with Gasteiger partial charge in [0.15, 0.2) is 0 Å². The van der Waals surface area contributed by atoms with Crippen LogP contribution in [0.15, 0.2) is 60.8 Å². The second-order valence-electron chi connectivity index (χ2n) is 4.64. The maximum absolute atomic E-state index is 12.3. The molecule has 1 unspecified atom stereocenters. The smallest absolute Gasteiger partial charge is 0.421 e. The third-order valence-electron chi connectivity index (χ3n) is 2.99. The molecule has 3 rings (SSSR count). The molecule has 5 nitrogen and oxygen atoms in total. The van der Waals surface area contributed by atoms with E-state index in [1.165, 1.54) is 0 Å². The highest BCUT2D eigenvalue weighted by atomic mass is 35.7. The molecule has 0 aliphatic heterocycles. The lowest BCUT2D eigenvalue weighted by molar-refractivity contribution is 0.489. The Hall–Kier alpha value is -1.78. The van der Waals surface area contributed by atoms with Crippen molar-refractivity contribution in [1.29, 1.82) is 0 Å². The number of fused-ring (bicyclic) bond motifs is 1. The summed E-state index contributed by atoms with van der Waals surface area (Å²) in [5, 5.41) is 3.91. The zero-order chi connectivity index (χ0) is 16.3. The number of para-hydroxylation sites is 1. The van der Waals surface area contributed by atoms with Gasteiger partial charge in [-0.3, -0.25) is 4.98 Å². The largest absolute Gasteiger partial charge is 0.426 e. The normalized spacial score (nSPS) is 13.5. The summed E-state index contributed by atoms with van der Waals surface area (Å²) in [6.07, 6.45) is 1.61. The van der Waals surface area contributed by atoms with Gasteiger partial charge in [-0.15, -0.1) is 5.20 Å². The number of rotatable bonds is 5. The second-order valence-corrected chi connectivity index (χ2v) is 7.78. The molecule has 23 heavy (non-hydrogen) atoms. The number of benzene rings is 2. The van der Waals surface area contributed by atoms with Crippen molar-refractivity contribution in [3.05, 3.63) is 65.8 Å². The molecule has 0 aliphatic rings. The van der Waals surface area contributed by atoms with Gasteiger partial charge in [-0.25, -0.2) is 4.57 Å². The summed E-state index contributed by atoms with van der Waals surface area (Å²) < 4.78 is 17.5. The van der Waals surface area contributed by atoms with E-state index in [9.17, 15) is 4.57 Å². The van der Waals surface area contributed by atoms with Gasteiger partial charge in [0.1, 0.15) is 5.75 Å². The van der Waals surface area contributed by atoms with E-state index >= 15 is 0 Å². The number of hydrogen-bond acceptors (Lipinski definition) is 4. The minimum atomic E-state index is -3.60. The summed E-state index contributed by atoms with van der Waals surface area (Å²) >= 11 is 11.9. The predicted molar refractivity (Wildman–Crippen MR) is 94.0 cm³/mol. The molecule has 0 radical (unpaired) electrons. The van der Waals surface area contributed by atoms with Gasteiger partial charge in [0, 0.05) is 27.8 Å². The van der Waals surface area contributed by atoms with E-state index < -0.39 is 6.87 Å². The second kappa shape index (κ2) is 6.77. The molecule has 0 fully saturated rings. The lowest BCUT2D eigenvalue weighted by atomic mass is 10.2. The molecule has 2 aromatic carbocycles. The number of nitrogens with zero attached hydrogens (tertiary/aromatic N) is 1. The van der Waals surface area contributed by atoms with Crippen LogP contribution in [0.3, 0.4) is 0 Å². The molecule has 0 bridgehead atoms. The number of nitrogens with one attached hydrogen (secondary N) is 2. The molecule has 1 atom stereocenters. The monoisotopic (exact) mass is 367 g/mol. The van der Waals surface area contributed by atoms with Crippen LogP contribution in [0.5, 0.6) is 5.75 Å². The van der Waals surface area contributed by atoms with Gasteiger partial charge in [0.25, 0.3) is 0 Å². The molecule has 118 valence electrons. The molecule has 1 aromatic heterocycles. The van der Waals surface area contributed by atoms with Crippen molar-refractivity contribution in [2.45, 2.75) is 0 Å². The van der Waals surface area contributed by atoms with E-state index in [1.807, 2.05) is 12.1 Å². The topological polar surface area (TPSA) is 63.2 Å². The number of hydrogen-bond donors (Lipinski definition) is 2. The Morgan fingerprint density at radius 1 is 1.09 bits per heavy atom. The zero-order valence-corrected chi connectivity index (χ0v) is 14.1. The average molecular weight is 368 g/mol. The lowest BCUT2D eigenvalue weighted by Crippen LogP contribution is -2.18. The van der Waals surface area contributed by atoms with Crippen molar-refractivity contribution in [2.24, 2.45) is 0 Å². The summed E-state index contributed by atoms with van der Waals surface area (Å²) in [7, 11) is 0. The predicted octanol–water partition coefficient (Wildman–Crippen LogP) is 5.23. The molecule has 0 saturated carbocycles. The first kappa shape index (κ1) is 16.1. The maximum atomic E-state index is 12.3. The van der Waals surface area contributed by atoms with E-state index in [-0.39, 0.29) is 0 Å². The molecule has 0 spiro atoms. The van der Waals surface area contributed by atoms with Crippen molar-refractivity contribution in [2.75, 3.05) is 5.43 Å². The first-order valence-electron chi connectivity index (χ1n) is 6.65. The van der Waals surface area contributed by atoms with Gasteiger partial charge in [-0.05, 0) is 36.4 Å². The van der Waals surface area contributed by atoms with Gasteiger partial charge in [-0.2, -0.15) is 0 Å². The van der Waals surface area contributed by atoms with Crippen LogP contribution in [-0.2, 0) is 4.57 Å². The fourth-order valence-corrected chi connectivity index (χ4v) is 3.22. The van der Waals surface area contributed by atoms with E-state index in [4.69, 9.17) is 27.4 Å². The molecule has 0 amide bonds. The molecule has 3 aromatic rings. The molecule has 2 N–H and O–H groups in total. The molecule has 0 aliphatic carbocycles. The average Bonchev–Trinajstić information content (AvgIpc) is 2.53. The highest BCUT2D eigenvalue weighted by molar-refractivity contribution is 7.84. The lowest BCUT2D eigenvalue weighted by Gasteiger charge is -2.16. The maximum Gasteiger partial charge on any atom is 0.426 e. The molecule has 8 heteroatoms. The fourth-order valence-electron chi connectivity index (χ4n) is 2.00. The Morgan fingerprint density at radius 2 is 1.87 bits per heavy atom. The van der Waals surface area contributed by atoms with E-state index in [0.29, 0.717) is 22.0 Å². The third kappa shape index (κ3) is 4.15. The Balaban J connectivity index is 1.76. The summed E-state index contributed by atoms with van der Waals surface area (Å²) in [4.78, 5) is 4.23. The highest BCUT2D eigenvalue weighted by Crippen LogP contribution is 2.47. The van der Waals surface area contributed by atoms with Crippen molar-refractivity contribution < 1.29 is 9.09 Å². The number of anilines is 1. The summed E-state index contributed by atoms with van der Waals surface area (Å²) in [5.74, 6) is 0.409. The molecular weight excluding hydrogens is 356 g/mol. The van der Waals surface area contributed by atoms with Crippen molar-refractivity contribution >= 4 is 46.3 Å². The van der Waals surface area contributed by atoms with Gasteiger partial charge in [0.2, 0.25) is 0 Å². The minimum absolute atomic E-state index is 0.409. The van der Waals surface area contributed by atoms with E-state index in [1.54, 1.807) is 48.7 Å². The Morgan fingerprint density at radius 3 is 2.65 bits per heavy atom. The van der Waals surface area contributed by atoms with E-state index in [2.05, 4.69) is 15.6 Å². The Kier molecular flexibility index (Phi) is 4.74. The fraction of sp³-hybridized carbons (Fsp3) is 0. The standard InChI is InChI=1S/C15H12Cl2N3O2P/c16-11-6-7-13-14(8-9-18-15(13)10-11)19-20-23(17,21)22-12-4-2-1-3-5-12/h1-10H,(H,18,19)(H,20,21). The Labute approximate surface area is 142 Å². The van der Waals surface area contributed by atoms with Gasteiger partial charge < -0.3 is 9.95 Å². The van der Waals surface area contributed by atoms with Crippen LogP contribution in [0, 0.1) is 0 Å². The van der Waals surface area contributed by atoms with Crippen LogP contribution in [-0.4, -0.2) is 4.98 Å². The zero-order valence-electron chi connectivity index (χ0n) is 11.7. The van der Waals surface area contributed by atoms with Crippen molar-refractivity contribution in [3.8, 4) is 5.75 Å². The van der Waals surface area contributed by atoms with Gasteiger partial charge >= 0.3 is 6.87 Å². The van der Waals surface area contributed by atoms with Crippen LogP contribution in [0.25, 0.3) is 10.9 Å². The summed E-state index contributed by atoms with van der Waals surface area (Å²) in [6, 6.07) is 15.7. The SMILES string of the molecule is O=P(Cl)(NNc1ccnc2cc(Cl)ccc12)Oc1ccccc1. The van der Waals surface area contributed by atoms with Crippen LogP contribution < -0.4 is 15.1 Å². The summed E-state index contributed by atoms with van der Waals surface area (Å²) in [6.45, 7) is -3.60. The minimum Gasteiger partial charge on any atom is -0.421 e. The van der Waals surface area contributed by atoms with Crippen molar-refractivity contribution in [3.63, 3.8) is 0 Å². The highest BCUT2D eigenvalue weighted by Gasteiger charge is 2.21. The molecule has 1 heterocycles. The Bertz CT molecular complexity index is 877. The van der Waals surface area contributed by atoms with Crippen LogP contribution in [0.2, 0.25) is 5.02 Å². The van der Waals surface area contributed by atoms with Crippen LogP contribution >= 0.6 is 29.7 Å². The van der Waals surface area contributed by atoms with Crippen molar-refractivity contribution in [1.82, 2.24) is 10.2 Å². The number of pyridine rings is 1. The van der Waals surface area contributed by atoms with Gasteiger partial charge in [0.05, 0.1) is 11.2 Å². The first-order chi connectivity index (χ1) is 11.0. The summed E-state index contributed by atoms with van der Waals surface area (Å²) in [5.41, 5.74) is 4.18. The van der Waals surface area contributed by atoms with Gasteiger partial charge in [-0.1, -0.05) is 29.8 Å². The quantitative estimate of drug-likeness (QED) is 0.477. The van der Waals surface area contributed by atoms with Crippen LogP contribution in [0.1, 0.15) is 0 Å². The first-order valence-corrected chi connectivity index (χ1v) is 9.56. The molecule has 0 saturated heterocycles. The molecular formula is C15H12Cl2N3O2P. The van der Waals surface area contributed by atoms with Crippen LogP contribution in [0.4, 0.5) is 5.69 Å². The number of hydrazine groups is 1. The van der Waals surface area contributed by atoms with E-state index in [0.717, 1.165) is 5.39 Å². The number of aromatic nitrogens is 1. The third-order valence-corrected chi connectivity index (χ3v) is 4.52. The number of halogens is 2.